The smallest absolute Gasteiger partial charge is 0.408 e. The first-order valence-corrected chi connectivity index (χ1v) is 20.8. The normalized spacial score (nSPS) is 13.6. The fourth-order valence-electron chi connectivity index (χ4n) is 5.19. The topological polar surface area (TPSA) is 194 Å². The van der Waals surface area contributed by atoms with Crippen molar-refractivity contribution in [3.8, 4) is 0 Å². The first-order valence-electron chi connectivity index (χ1n) is 19.7. The van der Waals surface area contributed by atoms with E-state index in [0.717, 1.165) is 11.1 Å². The number of carbonyl (C=O) groups excluding carboxylic acids is 4. The molecule has 6 atom stereocenters. The van der Waals surface area contributed by atoms with Gasteiger partial charge in [0, 0.05) is 20.6 Å². The third-order valence-corrected chi connectivity index (χ3v) is 9.28. The lowest BCUT2D eigenvalue weighted by atomic mass is 9.94. The number of ether oxygens (including phenoxy) is 4. The molecule has 0 unspecified atom stereocenters. The maximum Gasteiger partial charge on any atom is 0.408 e. The van der Waals surface area contributed by atoms with Crippen molar-refractivity contribution in [1.82, 2.24) is 10.6 Å². The van der Waals surface area contributed by atoms with Gasteiger partial charge in [0.1, 0.15) is 36.4 Å². The van der Waals surface area contributed by atoms with Gasteiger partial charge in [-0.05, 0) is 110 Å². The molecular formula is C46H61Cl4N3O10. The first kappa shape index (κ1) is 58.2. The first-order chi connectivity index (χ1) is 28.8. The highest BCUT2D eigenvalue weighted by atomic mass is 35.5. The lowest BCUT2D eigenvalue weighted by Gasteiger charge is -2.27. The second kappa shape index (κ2) is 28.1. The van der Waals surface area contributed by atoms with E-state index < -0.39 is 59.2 Å². The molecule has 0 aromatic heterocycles. The van der Waals surface area contributed by atoms with Crippen LogP contribution in [0, 0.1) is 17.8 Å². The monoisotopic (exact) mass is 955 g/mol. The van der Waals surface area contributed by atoms with Crippen molar-refractivity contribution in [3.05, 3.63) is 130 Å². The summed E-state index contributed by atoms with van der Waals surface area (Å²) in [5.41, 5.74) is 5.06. The second-order valence-electron chi connectivity index (χ2n) is 16.1. The molecule has 3 aromatic rings. The summed E-state index contributed by atoms with van der Waals surface area (Å²) in [6.07, 6.45) is 1.77. The van der Waals surface area contributed by atoms with Gasteiger partial charge in [-0.15, -0.1) is 0 Å². The summed E-state index contributed by atoms with van der Waals surface area (Å²) in [6.45, 7) is 22.9. The Morgan fingerprint density at radius 2 is 0.905 bits per heavy atom. The summed E-state index contributed by atoms with van der Waals surface area (Å²) in [5, 5.41) is 16.3. The van der Waals surface area contributed by atoms with Gasteiger partial charge in [0.05, 0.1) is 23.9 Å². The summed E-state index contributed by atoms with van der Waals surface area (Å²) >= 11 is 17.5. The summed E-state index contributed by atoms with van der Waals surface area (Å²) in [6, 6.07) is 19.4. The van der Waals surface area contributed by atoms with Crippen molar-refractivity contribution < 1.29 is 66.2 Å². The molecule has 3 rings (SSSR count). The molecule has 0 aliphatic heterocycles. The summed E-state index contributed by atoms with van der Waals surface area (Å²) < 4.78 is 20.5. The molecular weight excluding hydrogens is 896 g/mol. The largest absolute Gasteiger partial charge is 1.00 e. The van der Waals surface area contributed by atoms with Crippen LogP contribution in [-0.2, 0) is 33.3 Å². The van der Waals surface area contributed by atoms with Gasteiger partial charge in [0.25, 0.3) is 0 Å². The van der Waals surface area contributed by atoms with Gasteiger partial charge in [0.2, 0.25) is 0 Å². The second-order valence-corrected chi connectivity index (χ2v) is 17.4. The van der Waals surface area contributed by atoms with Crippen LogP contribution in [0.5, 0.6) is 0 Å². The summed E-state index contributed by atoms with van der Waals surface area (Å²) in [7, 11) is 0. The van der Waals surface area contributed by atoms with Crippen LogP contribution in [0.2, 0.25) is 15.1 Å². The van der Waals surface area contributed by atoms with Gasteiger partial charge in [-0.25, -0.2) is 9.59 Å². The number of amides is 2. The van der Waals surface area contributed by atoms with E-state index in [1.807, 2.05) is 12.1 Å². The Morgan fingerprint density at radius 3 is 1.21 bits per heavy atom. The molecule has 0 aliphatic carbocycles. The van der Waals surface area contributed by atoms with Crippen LogP contribution < -0.4 is 28.8 Å². The lowest BCUT2D eigenvalue weighted by molar-refractivity contribution is -0.436. The number of carboxylic acid groups (broad SMARTS) is 1. The highest BCUT2D eigenvalue weighted by Crippen LogP contribution is 2.27. The number of alkyl carbamates (subject to hydrolysis) is 2. The number of hydrogen-bond acceptors (Lipinski definition) is 9. The van der Waals surface area contributed by atoms with Crippen LogP contribution in [0.25, 0.3) is 0 Å². The van der Waals surface area contributed by atoms with Gasteiger partial charge < -0.3 is 52.8 Å². The average molecular weight is 958 g/mol. The van der Waals surface area contributed by atoms with Crippen LogP contribution in [-0.4, -0.2) is 59.6 Å². The van der Waals surface area contributed by atoms with Gasteiger partial charge in [-0.2, -0.15) is 0 Å². The van der Waals surface area contributed by atoms with Crippen LogP contribution in [0.1, 0.15) is 97.1 Å². The van der Waals surface area contributed by atoms with Gasteiger partial charge in [0.15, 0.2) is 0 Å². The Labute approximate surface area is 392 Å². The molecule has 3 aromatic carbocycles. The Bertz CT molecular complexity index is 1920. The molecule has 0 radical (unpaired) electrons. The van der Waals surface area contributed by atoms with E-state index in [0.29, 0.717) is 20.6 Å². The fourth-order valence-corrected chi connectivity index (χ4v) is 5.57. The predicted molar refractivity (Wildman–Crippen MR) is 242 cm³/mol. The van der Waals surface area contributed by atoms with Crippen LogP contribution in [0.4, 0.5) is 9.59 Å². The molecule has 0 fully saturated rings. The predicted octanol–water partition coefficient (Wildman–Crippen LogP) is 6.89. The number of aliphatic carboxylic acids is 1. The number of carboxylic acids is 1. The van der Waals surface area contributed by atoms with Gasteiger partial charge in [-0.1, -0.05) is 96.5 Å². The zero-order valence-corrected chi connectivity index (χ0v) is 40.2. The average Bonchev–Trinajstić information content (AvgIpc) is 3.19. The minimum absolute atomic E-state index is 0. The number of quaternary nitrogens is 1. The van der Waals surface area contributed by atoms with E-state index in [4.69, 9.17) is 53.8 Å². The summed E-state index contributed by atoms with van der Waals surface area (Å²) in [4.78, 5) is 59.0. The molecule has 348 valence electrons. The highest BCUT2D eigenvalue weighted by molar-refractivity contribution is 6.31. The zero-order chi connectivity index (χ0) is 47.4. The van der Waals surface area contributed by atoms with E-state index in [1.54, 1.807) is 122 Å². The number of nitrogens with one attached hydrogen (secondary N) is 2. The molecule has 2 amide bonds. The van der Waals surface area contributed by atoms with Crippen molar-refractivity contribution in [2.45, 2.75) is 91.6 Å². The molecule has 0 saturated heterocycles. The fraction of sp³-hybridized carbons (Fsp3) is 0.413. The van der Waals surface area contributed by atoms with Crippen molar-refractivity contribution in [3.63, 3.8) is 0 Å². The number of benzene rings is 3. The van der Waals surface area contributed by atoms with Crippen molar-refractivity contribution in [2.75, 3.05) is 13.2 Å². The Balaban J connectivity index is 0.000000921. The zero-order valence-electron chi connectivity index (χ0n) is 37.2. The summed E-state index contributed by atoms with van der Waals surface area (Å²) in [5.74, 6) is -3.43. The van der Waals surface area contributed by atoms with E-state index >= 15 is 0 Å². The maximum atomic E-state index is 12.2. The molecule has 63 heavy (non-hydrogen) atoms. The maximum absolute atomic E-state index is 12.2. The van der Waals surface area contributed by atoms with Gasteiger partial charge in [-0.3, -0.25) is 14.4 Å². The Hall–Kier alpha value is -4.79. The van der Waals surface area contributed by atoms with Crippen molar-refractivity contribution >= 4 is 64.9 Å². The third kappa shape index (κ3) is 22.9. The standard InChI is InChI=1S/C18H24ClNO4.C15H20ClNO4.C13H16ClNO2.ClH/c1-6-11-23-16(21)12(2)15(13-7-9-14(19)10-8-13)20-17(22)24-18(3,4)5;1-9(13(18)19)12(10-5-7-11(16)8-6-10)17-14(20)21-15(2,3)4;1-3-8-17-13(16)9(2)12(15)10-4-6-11(14)7-5-10;/h6-10,12,15H,1,11H2,2-5H3,(H,20,22);5-9,12H,1-4H3,(H,17,20)(H,18,19);3-7,9,12H,1,8,15H2,2H3;1H/t12-,15-;2*9-,12-;/m000./s1. The van der Waals surface area contributed by atoms with E-state index in [9.17, 15) is 29.1 Å². The molecule has 0 heterocycles. The SMILES string of the molecule is C=CCOC(=O)[C@@H](C)[C@H](NC(=O)OC(C)(C)C)c1ccc(Cl)cc1.C=CCOC(=O)[C@@H](C)[C@H]([NH3+])c1ccc(Cl)cc1.C[C@H](C(=O)O)[C@H](NC(=O)OC(C)(C)C)c1ccc(Cl)cc1.[Cl-]. The van der Waals surface area contributed by atoms with E-state index in [1.165, 1.54) is 13.0 Å². The Morgan fingerprint density at radius 1 is 0.603 bits per heavy atom. The van der Waals surface area contributed by atoms with Crippen LogP contribution in [0.3, 0.4) is 0 Å². The molecule has 0 aliphatic rings. The van der Waals surface area contributed by atoms with Crippen LogP contribution >= 0.6 is 34.8 Å². The number of rotatable bonds is 15. The Kier molecular flexibility index (Phi) is 26.0. The molecule has 0 bridgehead atoms. The molecule has 13 nitrogen and oxygen atoms in total. The molecule has 0 spiro atoms. The third-order valence-electron chi connectivity index (χ3n) is 8.52. The van der Waals surface area contributed by atoms with Crippen molar-refractivity contribution in [1.29, 1.82) is 0 Å². The number of esters is 2. The minimum atomic E-state index is -1.01. The molecule has 17 heteroatoms. The van der Waals surface area contributed by atoms with E-state index in [-0.39, 0.29) is 43.5 Å². The lowest BCUT2D eigenvalue weighted by Crippen LogP contribution is -3.00. The van der Waals surface area contributed by atoms with E-state index in [2.05, 4.69) is 29.5 Å². The quantitative estimate of drug-likeness (QED) is 0.0708. The molecule has 6 N–H and O–H groups in total. The minimum Gasteiger partial charge on any atom is -1.00 e. The number of halogens is 4. The van der Waals surface area contributed by atoms with Crippen molar-refractivity contribution in [2.24, 2.45) is 17.8 Å². The van der Waals surface area contributed by atoms with Gasteiger partial charge >= 0.3 is 30.1 Å². The number of carbonyl (C=O) groups is 5. The van der Waals surface area contributed by atoms with Crippen LogP contribution in [0.15, 0.2) is 98.1 Å². The molecule has 0 saturated carbocycles. The number of hydrogen-bond donors (Lipinski definition) is 4. The highest BCUT2D eigenvalue weighted by Gasteiger charge is 2.31.